The number of carbonyl (C=O) groups excluding carboxylic acids is 2. The number of hydrogen-bond donors (Lipinski definition) is 1. The van der Waals surface area contributed by atoms with E-state index in [0.717, 1.165) is 5.56 Å². The summed E-state index contributed by atoms with van der Waals surface area (Å²) in [6, 6.07) is 18.2. The lowest BCUT2D eigenvalue weighted by Gasteiger charge is -2.28. The summed E-state index contributed by atoms with van der Waals surface area (Å²) >= 11 is 5.13. The molecule has 0 bridgehead atoms. The van der Waals surface area contributed by atoms with Gasteiger partial charge in [0.25, 0.3) is 11.8 Å². The number of para-hydroxylation sites is 1. The molecule has 0 radical (unpaired) electrons. The van der Waals surface area contributed by atoms with E-state index in [0.29, 0.717) is 5.69 Å². The first-order valence-electron chi connectivity index (χ1n) is 6.68. The highest BCUT2D eigenvalue weighted by molar-refractivity contribution is 7.80. The van der Waals surface area contributed by atoms with Crippen molar-refractivity contribution < 1.29 is 9.59 Å². The Balaban J connectivity index is 2.02. The predicted octanol–water partition coefficient (Wildman–Crippen LogP) is 2.52. The standard InChI is InChI=1S/C17H12N2O2S/c20-15-14(11-12-7-3-1-4-8-12)16(21)19(17(22)18-15)13-9-5-2-6-10-13/h1-11H,(H,18,20,22)/b14-11+. The highest BCUT2D eigenvalue weighted by Gasteiger charge is 2.34. The van der Waals surface area contributed by atoms with Gasteiger partial charge in [-0.1, -0.05) is 48.5 Å². The molecule has 1 heterocycles. The Morgan fingerprint density at radius 3 is 2.14 bits per heavy atom. The van der Waals surface area contributed by atoms with E-state index in [9.17, 15) is 9.59 Å². The summed E-state index contributed by atoms with van der Waals surface area (Å²) in [5, 5.41) is 2.65. The van der Waals surface area contributed by atoms with Gasteiger partial charge in [0.2, 0.25) is 0 Å². The van der Waals surface area contributed by atoms with Crippen LogP contribution in [0.1, 0.15) is 5.56 Å². The van der Waals surface area contributed by atoms with Crippen LogP contribution in [0.3, 0.4) is 0 Å². The van der Waals surface area contributed by atoms with Crippen LogP contribution in [0.5, 0.6) is 0 Å². The van der Waals surface area contributed by atoms with E-state index in [2.05, 4.69) is 5.32 Å². The maximum Gasteiger partial charge on any atom is 0.270 e. The number of rotatable bonds is 2. The van der Waals surface area contributed by atoms with Gasteiger partial charge in [-0.3, -0.25) is 19.8 Å². The number of nitrogens with one attached hydrogen (secondary N) is 1. The van der Waals surface area contributed by atoms with Crippen LogP contribution in [-0.4, -0.2) is 16.9 Å². The topological polar surface area (TPSA) is 49.4 Å². The van der Waals surface area contributed by atoms with E-state index in [4.69, 9.17) is 12.2 Å². The Hall–Kier alpha value is -2.79. The lowest BCUT2D eigenvalue weighted by molar-refractivity contribution is -0.122. The van der Waals surface area contributed by atoms with Crippen LogP contribution < -0.4 is 10.2 Å². The summed E-state index contributed by atoms with van der Waals surface area (Å²) in [6.07, 6.45) is 1.56. The molecule has 3 rings (SSSR count). The van der Waals surface area contributed by atoms with Crippen LogP contribution in [0.2, 0.25) is 0 Å². The highest BCUT2D eigenvalue weighted by Crippen LogP contribution is 2.21. The molecule has 2 aromatic rings. The van der Waals surface area contributed by atoms with Gasteiger partial charge in [0.15, 0.2) is 5.11 Å². The molecule has 0 aromatic heterocycles. The van der Waals surface area contributed by atoms with Crippen molar-refractivity contribution in [2.75, 3.05) is 4.90 Å². The average Bonchev–Trinajstić information content (AvgIpc) is 2.53. The number of nitrogens with zero attached hydrogens (tertiary/aromatic N) is 1. The quantitative estimate of drug-likeness (QED) is 0.527. The van der Waals surface area contributed by atoms with E-state index < -0.39 is 11.8 Å². The van der Waals surface area contributed by atoms with Crippen LogP contribution in [0.4, 0.5) is 5.69 Å². The van der Waals surface area contributed by atoms with E-state index in [1.165, 1.54) is 4.90 Å². The highest BCUT2D eigenvalue weighted by atomic mass is 32.1. The van der Waals surface area contributed by atoms with E-state index >= 15 is 0 Å². The van der Waals surface area contributed by atoms with Crippen molar-refractivity contribution in [3.05, 3.63) is 71.8 Å². The second-order valence-corrected chi connectivity index (χ2v) is 5.09. The molecule has 1 aliphatic rings. The Morgan fingerprint density at radius 1 is 0.909 bits per heavy atom. The van der Waals surface area contributed by atoms with Gasteiger partial charge in [-0.25, -0.2) is 0 Å². The maximum absolute atomic E-state index is 12.7. The van der Waals surface area contributed by atoms with Gasteiger partial charge in [-0.2, -0.15) is 0 Å². The summed E-state index contributed by atoms with van der Waals surface area (Å²) in [7, 11) is 0. The fourth-order valence-corrected chi connectivity index (χ4v) is 2.47. The second kappa shape index (κ2) is 5.91. The van der Waals surface area contributed by atoms with Gasteiger partial charge in [0, 0.05) is 0 Å². The summed E-state index contributed by atoms with van der Waals surface area (Å²) in [5.74, 6) is -0.908. The zero-order valence-corrected chi connectivity index (χ0v) is 12.3. The lowest BCUT2D eigenvalue weighted by Crippen LogP contribution is -2.54. The molecule has 108 valence electrons. The molecular weight excluding hydrogens is 296 g/mol. The summed E-state index contributed by atoms with van der Waals surface area (Å²) in [4.78, 5) is 26.1. The first kappa shape index (κ1) is 14.2. The average molecular weight is 308 g/mol. The third kappa shape index (κ3) is 2.66. The summed E-state index contributed by atoms with van der Waals surface area (Å²) in [5.41, 5.74) is 1.46. The van der Waals surface area contributed by atoms with Crippen molar-refractivity contribution in [3.63, 3.8) is 0 Å². The Kier molecular flexibility index (Phi) is 3.80. The van der Waals surface area contributed by atoms with Crippen LogP contribution in [0.25, 0.3) is 6.08 Å². The Bertz CT molecular complexity index is 770. The maximum atomic E-state index is 12.7. The van der Waals surface area contributed by atoms with Crippen molar-refractivity contribution >= 4 is 40.9 Å². The van der Waals surface area contributed by atoms with Crippen molar-refractivity contribution in [1.29, 1.82) is 0 Å². The second-order valence-electron chi connectivity index (χ2n) is 4.70. The molecule has 1 N–H and O–H groups in total. The number of benzene rings is 2. The molecule has 0 aliphatic carbocycles. The molecule has 22 heavy (non-hydrogen) atoms. The number of thiocarbonyl (C=S) groups is 1. The van der Waals surface area contributed by atoms with Crippen molar-refractivity contribution in [1.82, 2.24) is 5.32 Å². The molecule has 5 heteroatoms. The molecule has 2 aromatic carbocycles. The third-order valence-corrected chi connectivity index (χ3v) is 3.51. The first-order valence-corrected chi connectivity index (χ1v) is 7.09. The largest absolute Gasteiger partial charge is 0.298 e. The van der Waals surface area contributed by atoms with Crippen molar-refractivity contribution in [3.8, 4) is 0 Å². The minimum atomic E-state index is -0.481. The minimum absolute atomic E-state index is 0.0589. The molecule has 4 nitrogen and oxygen atoms in total. The van der Waals surface area contributed by atoms with E-state index in [1.54, 1.807) is 18.2 Å². The lowest BCUT2D eigenvalue weighted by atomic mass is 10.1. The van der Waals surface area contributed by atoms with Gasteiger partial charge >= 0.3 is 0 Å². The summed E-state index contributed by atoms with van der Waals surface area (Å²) < 4.78 is 0. The molecule has 0 spiro atoms. The van der Waals surface area contributed by atoms with E-state index in [-0.39, 0.29) is 10.7 Å². The molecule has 0 atom stereocenters. The first-order chi connectivity index (χ1) is 10.7. The van der Waals surface area contributed by atoms with Gasteiger partial charge in [-0.05, 0) is 36.0 Å². The predicted molar refractivity (Wildman–Crippen MR) is 89.1 cm³/mol. The molecule has 0 unspecified atom stereocenters. The zero-order valence-electron chi connectivity index (χ0n) is 11.5. The van der Waals surface area contributed by atoms with E-state index in [1.807, 2.05) is 48.5 Å². The minimum Gasteiger partial charge on any atom is -0.298 e. The molecule has 1 saturated heterocycles. The third-order valence-electron chi connectivity index (χ3n) is 3.23. The van der Waals surface area contributed by atoms with Crippen molar-refractivity contribution in [2.45, 2.75) is 0 Å². The fraction of sp³-hybridized carbons (Fsp3) is 0. The van der Waals surface area contributed by atoms with Crippen LogP contribution in [0.15, 0.2) is 66.2 Å². The molecule has 1 fully saturated rings. The monoisotopic (exact) mass is 308 g/mol. The Labute approximate surface area is 133 Å². The van der Waals surface area contributed by atoms with Gasteiger partial charge in [0.1, 0.15) is 5.57 Å². The SMILES string of the molecule is O=C1NC(=S)N(c2ccccc2)C(=O)/C1=C/c1ccccc1. The fourth-order valence-electron chi connectivity index (χ4n) is 2.18. The van der Waals surface area contributed by atoms with Crippen molar-refractivity contribution in [2.24, 2.45) is 0 Å². The van der Waals surface area contributed by atoms with Gasteiger partial charge in [-0.15, -0.1) is 0 Å². The van der Waals surface area contributed by atoms with Gasteiger partial charge < -0.3 is 0 Å². The van der Waals surface area contributed by atoms with Crippen LogP contribution >= 0.6 is 12.2 Å². The Morgan fingerprint density at radius 2 is 1.50 bits per heavy atom. The normalized spacial score (nSPS) is 16.8. The van der Waals surface area contributed by atoms with Gasteiger partial charge in [0.05, 0.1) is 5.69 Å². The zero-order chi connectivity index (χ0) is 15.5. The number of anilines is 1. The summed E-state index contributed by atoms with van der Waals surface area (Å²) in [6.45, 7) is 0. The molecular formula is C17H12N2O2S. The number of hydrogen-bond acceptors (Lipinski definition) is 3. The molecule has 2 amide bonds. The van der Waals surface area contributed by atoms with Crippen LogP contribution in [0, 0.1) is 0 Å². The van der Waals surface area contributed by atoms with Crippen LogP contribution in [-0.2, 0) is 9.59 Å². The smallest absolute Gasteiger partial charge is 0.270 e. The molecule has 1 aliphatic heterocycles. The molecule has 0 saturated carbocycles. The number of carbonyl (C=O) groups is 2. The number of amides is 2.